The van der Waals surface area contributed by atoms with Gasteiger partial charge in [-0.05, 0) is 36.8 Å². The second-order valence-corrected chi connectivity index (χ2v) is 7.05. The van der Waals surface area contributed by atoms with Crippen molar-refractivity contribution in [3.63, 3.8) is 0 Å². The summed E-state index contributed by atoms with van der Waals surface area (Å²) in [5.41, 5.74) is 2.49. The molecule has 0 aromatic heterocycles. The molecule has 22 heavy (non-hydrogen) atoms. The monoisotopic (exact) mass is 315 g/mol. The third kappa shape index (κ3) is 4.56. The van der Waals surface area contributed by atoms with E-state index >= 15 is 0 Å². The molecule has 0 heterocycles. The van der Waals surface area contributed by atoms with Crippen LogP contribution in [0.25, 0.3) is 6.08 Å². The molecule has 0 fully saturated rings. The normalized spacial score (nSPS) is 11.5. The molecule has 0 saturated carbocycles. The standard InChI is InChI=1S/C17H17NO3S/c1-13-5-3-6-14(11-13)9-10-17(19)18-15-7-4-8-16(12-15)22(2,20)21/h3-12H,1-2H3,(H,18,19)/b10-9+. The first-order valence-electron chi connectivity index (χ1n) is 6.70. The lowest BCUT2D eigenvalue weighted by atomic mass is 10.1. The number of carbonyl (C=O) groups excluding carboxylic acids is 1. The van der Waals surface area contributed by atoms with E-state index in [4.69, 9.17) is 0 Å². The predicted molar refractivity (Wildman–Crippen MR) is 88.4 cm³/mol. The van der Waals surface area contributed by atoms with Crippen molar-refractivity contribution in [1.82, 2.24) is 0 Å². The van der Waals surface area contributed by atoms with Gasteiger partial charge in [0.1, 0.15) is 0 Å². The van der Waals surface area contributed by atoms with Gasteiger partial charge >= 0.3 is 0 Å². The molecule has 0 bridgehead atoms. The average molecular weight is 315 g/mol. The van der Waals surface area contributed by atoms with Gasteiger partial charge in [-0.15, -0.1) is 0 Å². The van der Waals surface area contributed by atoms with Crippen LogP contribution in [-0.2, 0) is 14.6 Å². The van der Waals surface area contributed by atoms with Gasteiger partial charge in [0.15, 0.2) is 9.84 Å². The third-order valence-electron chi connectivity index (χ3n) is 3.00. The van der Waals surface area contributed by atoms with Crippen molar-refractivity contribution < 1.29 is 13.2 Å². The average Bonchev–Trinajstić information content (AvgIpc) is 2.45. The SMILES string of the molecule is Cc1cccc(/C=C/C(=O)Nc2cccc(S(C)(=O)=O)c2)c1. The molecule has 2 rings (SSSR count). The van der Waals surface area contributed by atoms with E-state index in [1.54, 1.807) is 18.2 Å². The maximum atomic E-state index is 11.9. The van der Waals surface area contributed by atoms with Crippen LogP contribution in [0.1, 0.15) is 11.1 Å². The molecular weight excluding hydrogens is 298 g/mol. The van der Waals surface area contributed by atoms with Crippen molar-refractivity contribution in [3.8, 4) is 0 Å². The molecule has 0 saturated heterocycles. The Labute approximate surface area is 130 Å². The van der Waals surface area contributed by atoms with Crippen LogP contribution >= 0.6 is 0 Å². The number of aryl methyl sites for hydroxylation is 1. The highest BCUT2D eigenvalue weighted by molar-refractivity contribution is 7.90. The summed E-state index contributed by atoms with van der Waals surface area (Å²) in [4.78, 5) is 12.1. The molecule has 4 nitrogen and oxygen atoms in total. The fourth-order valence-electron chi connectivity index (χ4n) is 1.93. The Balaban J connectivity index is 2.09. The molecule has 2 aromatic rings. The number of hydrogen-bond donors (Lipinski definition) is 1. The second-order valence-electron chi connectivity index (χ2n) is 5.04. The zero-order chi connectivity index (χ0) is 16.2. The minimum atomic E-state index is -3.29. The lowest BCUT2D eigenvalue weighted by Gasteiger charge is -2.04. The van der Waals surface area contributed by atoms with E-state index in [9.17, 15) is 13.2 Å². The fourth-order valence-corrected chi connectivity index (χ4v) is 2.60. The van der Waals surface area contributed by atoms with Crippen LogP contribution < -0.4 is 5.32 Å². The first-order chi connectivity index (χ1) is 10.3. The summed E-state index contributed by atoms with van der Waals surface area (Å²) >= 11 is 0. The molecule has 5 heteroatoms. The molecular formula is C17H17NO3S. The first kappa shape index (κ1) is 16.0. The summed E-state index contributed by atoms with van der Waals surface area (Å²) in [5, 5.41) is 2.65. The van der Waals surface area contributed by atoms with Crippen molar-refractivity contribution in [3.05, 3.63) is 65.7 Å². The van der Waals surface area contributed by atoms with Crippen molar-refractivity contribution in [1.29, 1.82) is 0 Å². The smallest absolute Gasteiger partial charge is 0.248 e. The number of hydrogen-bond acceptors (Lipinski definition) is 3. The highest BCUT2D eigenvalue weighted by atomic mass is 32.2. The molecule has 114 valence electrons. The number of anilines is 1. The number of amides is 1. The van der Waals surface area contributed by atoms with Crippen LogP contribution in [0.2, 0.25) is 0 Å². The highest BCUT2D eigenvalue weighted by Crippen LogP contribution is 2.15. The highest BCUT2D eigenvalue weighted by Gasteiger charge is 2.07. The van der Waals surface area contributed by atoms with E-state index in [2.05, 4.69) is 5.32 Å². The molecule has 2 aromatic carbocycles. The Morgan fingerprint density at radius 1 is 1.09 bits per heavy atom. The zero-order valence-corrected chi connectivity index (χ0v) is 13.2. The van der Waals surface area contributed by atoms with Crippen LogP contribution in [0, 0.1) is 6.92 Å². The Morgan fingerprint density at radius 3 is 2.50 bits per heavy atom. The molecule has 0 aliphatic heterocycles. The van der Waals surface area contributed by atoms with Gasteiger partial charge in [-0.25, -0.2) is 8.42 Å². The number of benzene rings is 2. The van der Waals surface area contributed by atoms with Crippen LogP contribution in [-0.4, -0.2) is 20.6 Å². The van der Waals surface area contributed by atoms with Crippen molar-refractivity contribution in [2.45, 2.75) is 11.8 Å². The Hall–Kier alpha value is -2.40. The van der Waals surface area contributed by atoms with E-state index in [1.165, 1.54) is 18.2 Å². The lowest BCUT2D eigenvalue weighted by Crippen LogP contribution is -2.08. The fraction of sp³-hybridized carbons (Fsp3) is 0.118. The largest absolute Gasteiger partial charge is 0.322 e. The number of sulfone groups is 1. The van der Waals surface area contributed by atoms with Gasteiger partial charge in [-0.3, -0.25) is 4.79 Å². The zero-order valence-electron chi connectivity index (χ0n) is 12.4. The van der Waals surface area contributed by atoms with Gasteiger partial charge < -0.3 is 5.32 Å². The van der Waals surface area contributed by atoms with Crippen LogP contribution in [0.15, 0.2) is 59.5 Å². The van der Waals surface area contributed by atoms with Gasteiger partial charge in [0.05, 0.1) is 4.90 Å². The van der Waals surface area contributed by atoms with E-state index in [-0.39, 0.29) is 10.8 Å². The maximum absolute atomic E-state index is 11.9. The summed E-state index contributed by atoms with van der Waals surface area (Å²) < 4.78 is 23.0. The van der Waals surface area contributed by atoms with E-state index in [0.717, 1.165) is 17.4 Å². The molecule has 1 N–H and O–H groups in total. The quantitative estimate of drug-likeness (QED) is 0.882. The Bertz CT molecular complexity index is 823. The van der Waals surface area contributed by atoms with Gasteiger partial charge in [-0.1, -0.05) is 35.9 Å². The summed E-state index contributed by atoms with van der Waals surface area (Å²) in [7, 11) is -3.29. The Kier molecular flexibility index (Phi) is 4.78. The van der Waals surface area contributed by atoms with Crippen LogP contribution in [0.4, 0.5) is 5.69 Å². The number of carbonyl (C=O) groups is 1. The molecule has 0 aliphatic rings. The molecule has 0 aliphatic carbocycles. The Morgan fingerprint density at radius 2 is 1.82 bits per heavy atom. The third-order valence-corrected chi connectivity index (χ3v) is 4.11. The number of rotatable bonds is 4. The summed E-state index contributed by atoms with van der Waals surface area (Å²) in [6, 6.07) is 13.9. The second kappa shape index (κ2) is 6.58. The van der Waals surface area contributed by atoms with Crippen molar-refractivity contribution in [2.75, 3.05) is 11.6 Å². The van der Waals surface area contributed by atoms with E-state index in [0.29, 0.717) is 5.69 Å². The van der Waals surface area contributed by atoms with Gasteiger partial charge in [0, 0.05) is 18.0 Å². The van der Waals surface area contributed by atoms with Gasteiger partial charge in [0.25, 0.3) is 0 Å². The maximum Gasteiger partial charge on any atom is 0.248 e. The lowest BCUT2D eigenvalue weighted by molar-refractivity contribution is -0.111. The summed E-state index contributed by atoms with van der Waals surface area (Å²) in [6.07, 6.45) is 4.26. The minimum Gasteiger partial charge on any atom is -0.322 e. The predicted octanol–water partition coefficient (Wildman–Crippen LogP) is 3.05. The van der Waals surface area contributed by atoms with Crippen LogP contribution in [0.3, 0.4) is 0 Å². The van der Waals surface area contributed by atoms with E-state index in [1.807, 2.05) is 31.2 Å². The minimum absolute atomic E-state index is 0.174. The summed E-state index contributed by atoms with van der Waals surface area (Å²) in [6.45, 7) is 1.98. The van der Waals surface area contributed by atoms with Gasteiger partial charge in [-0.2, -0.15) is 0 Å². The molecule has 0 spiro atoms. The van der Waals surface area contributed by atoms with Crippen LogP contribution in [0.5, 0.6) is 0 Å². The van der Waals surface area contributed by atoms with E-state index < -0.39 is 9.84 Å². The summed E-state index contributed by atoms with van der Waals surface area (Å²) in [5.74, 6) is -0.313. The molecule has 1 amide bonds. The van der Waals surface area contributed by atoms with Crippen molar-refractivity contribution in [2.24, 2.45) is 0 Å². The topological polar surface area (TPSA) is 63.2 Å². The molecule has 0 radical (unpaired) electrons. The number of nitrogens with one attached hydrogen (secondary N) is 1. The first-order valence-corrected chi connectivity index (χ1v) is 8.59. The molecule has 0 unspecified atom stereocenters. The molecule has 0 atom stereocenters. The van der Waals surface area contributed by atoms with Gasteiger partial charge in [0.2, 0.25) is 5.91 Å². The van der Waals surface area contributed by atoms with Crippen molar-refractivity contribution >= 4 is 27.5 Å².